The zero-order valence-electron chi connectivity index (χ0n) is 20.5. The van der Waals surface area contributed by atoms with E-state index in [-0.39, 0.29) is 6.16 Å². The highest BCUT2D eigenvalue weighted by molar-refractivity contribution is 7.53. The summed E-state index contributed by atoms with van der Waals surface area (Å²) in [6.45, 7) is 0. The second-order valence-electron chi connectivity index (χ2n) is 8.87. The molecular formula is C33H29O3P. The van der Waals surface area contributed by atoms with Crippen molar-refractivity contribution in [1.29, 1.82) is 0 Å². The fraction of sp³-hybridized carbons (Fsp3) is 0.0909. The van der Waals surface area contributed by atoms with Crippen LogP contribution in [0.3, 0.4) is 0 Å². The van der Waals surface area contributed by atoms with Gasteiger partial charge in [-0.3, -0.25) is 13.6 Å². The topological polar surface area (TPSA) is 35.5 Å². The van der Waals surface area contributed by atoms with Crippen LogP contribution >= 0.6 is 7.60 Å². The van der Waals surface area contributed by atoms with Crippen molar-refractivity contribution in [3.8, 4) is 0 Å². The first-order valence-electron chi connectivity index (χ1n) is 12.4. The van der Waals surface area contributed by atoms with Crippen LogP contribution < -0.4 is 0 Å². The SMILES string of the molecule is O=P(Cc1ccccc1)(OC(c1ccccc1)c1ccccc1)OC(c1ccccc1)c1ccccc1. The maximum atomic E-state index is 14.9. The molecule has 0 amide bonds. The Morgan fingerprint density at radius 2 is 0.703 bits per heavy atom. The molecule has 0 aromatic heterocycles. The van der Waals surface area contributed by atoms with Gasteiger partial charge in [0.2, 0.25) is 0 Å². The van der Waals surface area contributed by atoms with Crippen molar-refractivity contribution in [2.45, 2.75) is 18.4 Å². The van der Waals surface area contributed by atoms with Gasteiger partial charge >= 0.3 is 7.60 Å². The summed E-state index contributed by atoms with van der Waals surface area (Å²) in [5, 5.41) is 0. The Bertz CT molecular complexity index is 1240. The van der Waals surface area contributed by atoms with Crippen molar-refractivity contribution in [1.82, 2.24) is 0 Å². The van der Waals surface area contributed by atoms with E-state index in [2.05, 4.69) is 0 Å². The number of hydrogen-bond donors (Lipinski definition) is 0. The van der Waals surface area contributed by atoms with Crippen LogP contribution in [0.5, 0.6) is 0 Å². The van der Waals surface area contributed by atoms with Gasteiger partial charge in [-0.25, -0.2) is 0 Å². The normalized spacial score (nSPS) is 11.6. The van der Waals surface area contributed by atoms with Crippen LogP contribution in [0.15, 0.2) is 152 Å². The van der Waals surface area contributed by atoms with Gasteiger partial charge in [-0.05, 0) is 27.8 Å². The summed E-state index contributed by atoms with van der Waals surface area (Å²) in [6.07, 6.45) is -0.950. The van der Waals surface area contributed by atoms with Crippen molar-refractivity contribution < 1.29 is 13.6 Å². The van der Waals surface area contributed by atoms with Gasteiger partial charge in [-0.15, -0.1) is 0 Å². The van der Waals surface area contributed by atoms with Gasteiger partial charge in [0.15, 0.2) is 0 Å². The minimum atomic E-state index is -3.72. The van der Waals surface area contributed by atoms with Crippen LogP contribution in [-0.2, 0) is 19.8 Å². The quantitative estimate of drug-likeness (QED) is 0.178. The third-order valence-corrected chi connectivity index (χ3v) is 7.98. The zero-order chi connectivity index (χ0) is 25.3. The molecule has 0 heterocycles. The minimum Gasteiger partial charge on any atom is -0.295 e. The second kappa shape index (κ2) is 12.0. The summed E-state index contributed by atoms with van der Waals surface area (Å²) in [4.78, 5) is 0. The van der Waals surface area contributed by atoms with Crippen LogP contribution in [-0.4, -0.2) is 0 Å². The second-order valence-corrected chi connectivity index (χ2v) is 10.8. The number of rotatable bonds is 10. The fourth-order valence-electron chi connectivity index (χ4n) is 4.37. The Labute approximate surface area is 218 Å². The first kappa shape index (κ1) is 24.9. The van der Waals surface area contributed by atoms with Crippen LogP contribution in [0.2, 0.25) is 0 Å². The Balaban J connectivity index is 1.58. The van der Waals surface area contributed by atoms with Gasteiger partial charge in [0.05, 0.1) is 6.16 Å². The van der Waals surface area contributed by atoms with Crippen molar-refractivity contribution in [2.75, 3.05) is 0 Å². The maximum absolute atomic E-state index is 14.9. The highest BCUT2D eigenvalue weighted by Gasteiger charge is 2.35. The maximum Gasteiger partial charge on any atom is 0.336 e. The molecule has 0 aliphatic rings. The molecule has 0 aliphatic carbocycles. The van der Waals surface area contributed by atoms with Crippen LogP contribution in [0.4, 0.5) is 0 Å². The molecule has 3 nitrogen and oxygen atoms in total. The average Bonchev–Trinajstić information content (AvgIpc) is 2.97. The molecule has 0 bridgehead atoms. The van der Waals surface area contributed by atoms with Gasteiger partial charge in [-0.1, -0.05) is 152 Å². The number of hydrogen-bond acceptors (Lipinski definition) is 3. The summed E-state index contributed by atoms with van der Waals surface area (Å²) in [6, 6.07) is 49.3. The molecule has 0 unspecified atom stereocenters. The highest BCUT2D eigenvalue weighted by atomic mass is 31.2. The largest absolute Gasteiger partial charge is 0.336 e. The lowest BCUT2D eigenvalue weighted by atomic mass is 10.0. The lowest BCUT2D eigenvalue weighted by Gasteiger charge is -2.29. The third kappa shape index (κ3) is 6.53. The van der Waals surface area contributed by atoms with Gasteiger partial charge in [0.25, 0.3) is 0 Å². The standard InChI is InChI=1S/C33H29O3P/c34-37(26-27-16-6-1-7-17-27,35-32(28-18-8-2-9-19-28)29-20-10-3-11-21-29)36-33(30-22-12-4-13-23-30)31-24-14-5-15-25-31/h1-25,32-33H,26H2. The Morgan fingerprint density at radius 3 is 1.00 bits per heavy atom. The average molecular weight is 505 g/mol. The summed E-state index contributed by atoms with van der Waals surface area (Å²) in [5.74, 6) is 0. The molecule has 0 atom stereocenters. The molecule has 37 heavy (non-hydrogen) atoms. The Kier molecular flexibility index (Phi) is 8.08. The first-order valence-corrected chi connectivity index (χ1v) is 14.1. The van der Waals surface area contributed by atoms with E-state index in [0.29, 0.717) is 0 Å². The van der Waals surface area contributed by atoms with Gasteiger partial charge in [-0.2, -0.15) is 0 Å². The molecule has 0 N–H and O–H groups in total. The van der Waals surface area contributed by atoms with E-state index in [1.54, 1.807) is 0 Å². The molecule has 0 spiro atoms. The van der Waals surface area contributed by atoms with E-state index in [0.717, 1.165) is 27.8 Å². The predicted molar refractivity (Wildman–Crippen MR) is 149 cm³/mol. The van der Waals surface area contributed by atoms with Crippen molar-refractivity contribution >= 4 is 7.60 Å². The van der Waals surface area contributed by atoms with Gasteiger partial charge in [0.1, 0.15) is 12.2 Å². The Hall–Kier alpha value is -3.75. The lowest BCUT2D eigenvalue weighted by molar-refractivity contribution is 0.143. The van der Waals surface area contributed by atoms with Crippen molar-refractivity contribution in [3.63, 3.8) is 0 Å². The molecule has 0 fully saturated rings. The minimum absolute atomic E-state index is 0.153. The first-order chi connectivity index (χ1) is 18.2. The number of benzene rings is 5. The summed E-state index contributed by atoms with van der Waals surface area (Å²) >= 11 is 0. The van der Waals surface area contributed by atoms with E-state index in [9.17, 15) is 4.57 Å². The molecule has 5 aromatic rings. The summed E-state index contributed by atoms with van der Waals surface area (Å²) in [7, 11) is -3.72. The highest BCUT2D eigenvalue weighted by Crippen LogP contribution is 2.59. The van der Waals surface area contributed by atoms with Crippen molar-refractivity contribution in [3.05, 3.63) is 179 Å². The molecule has 4 heteroatoms. The smallest absolute Gasteiger partial charge is 0.295 e. The summed E-state index contributed by atoms with van der Waals surface area (Å²) < 4.78 is 28.1. The molecule has 5 aromatic carbocycles. The molecule has 184 valence electrons. The molecule has 0 saturated heterocycles. The van der Waals surface area contributed by atoms with Crippen LogP contribution in [0.1, 0.15) is 40.0 Å². The van der Waals surface area contributed by atoms with E-state index in [1.165, 1.54) is 0 Å². The van der Waals surface area contributed by atoms with E-state index in [1.807, 2.05) is 152 Å². The van der Waals surface area contributed by atoms with Crippen LogP contribution in [0, 0.1) is 0 Å². The van der Waals surface area contributed by atoms with Crippen LogP contribution in [0.25, 0.3) is 0 Å². The van der Waals surface area contributed by atoms with E-state index in [4.69, 9.17) is 9.05 Å². The summed E-state index contributed by atoms with van der Waals surface area (Å²) in [5.41, 5.74) is 4.57. The third-order valence-electron chi connectivity index (χ3n) is 6.16. The monoisotopic (exact) mass is 504 g/mol. The van der Waals surface area contributed by atoms with Gasteiger partial charge in [0, 0.05) is 0 Å². The zero-order valence-corrected chi connectivity index (χ0v) is 21.4. The fourth-order valence-corrected chi connectivity index (χ4v) is 6.35. The molecule has 5 rings (SSSR count). The molecule has 0 aliphatic heterocycles. The van der Waals surface area contributed by atoms with E-state index >= 15 is 0 Å². The molecular weight excluding hydrogens is 475 g/mol. The van der Waals surface area contributed by atoms with Gasteiger partial charge < -0.3 is 0 Å². The van der Waals surface area contributed by atoms with Crippen molar-refractivity contribution in [2.24, 2.45) is 0 Å². The predicted octanol–water partition coefficient (Wildman–Crippen LogP) is 8.99. The molecule has 0 radical (unpaired) electrons. The lowest BCUT2D eigenvalue weighted by Crippen LogP contribution is -2.12. The van der Waals surface area contributed by atoms with E-state index < -0.39 is 19.8 Å². The molecule has 0 saturated carbocycles. The Morgan fingerprint density at radius 1 is 0.432 bits per heavy atom.